The molecule has 38 nitrogen and oxygen atoms in total. The molecule has 134 heavy (non-hydrogen) atoms. The lowest BCUT2D eigenvalue weighted by Crippen LogP contribution is -2.43. The van der Waals surface area contributed by atoms with E-state index in [1.54, 1.807) is 88.3 Å². The fourth-order valence-electron chi connectivity index (χ4n) is 14.9. The lowest BCUT2D eigenvalue weighted by molar-refractivity contribution is -0.560. The molecule has 15 rings (SSSR count). The summed E-state index contributed by atoms with van der Waals surface area (Å²) in [6.07, 6.45) is 24.4. The first kappa shape index (κ1) is 99.0. The Labute approximate surface area is 776 Å². The van der Waals surface area contributed by atoms with Crippen molar-refractivity contribution in [2.45, 2.75) is 211 Å². The van der Waals surface area contributed by atoms with Gasteiger partial charge >= 0.3 is 37.3 Å². The molecule has 12 heterocycles. The summed E-state index contributed by atoms with van der Waals surface area (Å²) in [6.45, 7) is 16.0. The summed E-state index contributed by atoms with van der Waals surface area (Å²) < 4.78 is 133. The van der Waals surface area contributed by atoms with E-state index in [1.165, 1.54) is 66.7 Å². The molecule has 47 heteroatoms. The monoisotopic (exact) mass is 1920 g/mol. The molecule has 0 bridgehead atoms. The zero-order valence-corrected chi connectivity index (χ0v) is 77.0. The van der Waals surface area contributed by atoms with Gasteiger partial charge in [0.25, 0.3) is 17.7 Å². The third kappa shape index (κ3) is 25.5. The van der Waals surface area contributed by atoms with Crippen LogP contribution in [0.15, 0.2) is 93.7 Å². The predicted octanol–water partition coefficient (Wildman–Crippen LogP) is 12.1. The second-order valence-electron chi connectivity index (χ2n) is 33.4. The van der Waals surface area contributed by atoms with Crippen LogP contribution in [0.25, 0.3) is 44.7 Å². The maximum Gasteiger partial charge on any atom is 0.330 e. The van der Waals surface area contributed by atoms with E-state index in [1.807, 2.05) is 41.5 Å². The molecule has 3 aliphatic carbocycles. The van der Waals surface area contributed by atoms with Crippen LogP contribution < -0.4 is 33.2 Å². The van der Waals surface area contributed by atoms with Gasteiger partial charge in [0.05, 0.1) is 85.7 Å². The topological polar surface area (TPSA) is 478 Å². The molecule has 712 valence electrons. The normalized spacial score (nSPS) is 19.2. The van der Waals surface area contributed by atoms with Crippen molar-refractivity contribution in [3.63, 3.8) is 0 Å². The van der Waals surface area contributed by atoms with Gasteiger partial charge in [-0.25, -0.2) is 52.6 Å². The molecule has 3 unspecified atom stereocenters. The lowest BCUT2D eigenvalue weighted by Gasteiger charge is -2.28. The van der Waals surface area contributed by atoms with Gasteiger partial charge in [0, 0.05) is 66.3 Å². The number of aromatic nitrogens is 14. The molecule has 3 saturated carbocycles. The standard InChI is InChI=1S/C30H36F2N8O4S.C29H32F2N8O6S.C28H32F2N8O4S/c1-5-43-19-8-6-18(7-9-19)40-14-21(25(38-40)24-20(31)10-11-23(32)37-24)35-27(41)22-15-45-28(36-22)17-12-34-39(13-17)16-44-29(42)26(33)30(2,3)4;1-3-44-18-6-4-17(5-7-18)39-13-21(26(37-39)25-19(30)8-9-23(31)36-25)34-27(41)22-14-46-28(35-22)16-11-33-38(12-16)15-45-24(40)10-20(32)29(42)43-2;1-4-41-18-7-5-17(6-8-18)38-13-20(24(36-38)23-19(29)9-10-22(30)35-23)33-25(39)21-14-43-26(34-21)16-11-32-37(12-16)15-42-27(40)28(2,3)31/h10-15,17-19,26H,5-9,16,33H2,1-4H3;8-9,11-14,17-18,20H,3-7,10,15,32H2,1-2H3,(H,34,41);9-14,16-18H,4-8,15,31H2,1-3H3/p+2/t;17?,18?,20-;/m.0./s1. The average molecular weight is 1920 g/mol. The van der Waals surface area contributed by atoms with Crippen LogP contribution in [0.1, 0.15) is 210 Å². The van der Waals surface area contributed by atoms with Gasteiger partial charge in [0.15, 0.2) is 36.6 Å². The predicted molar refractivity (Wildman–Crippen MR) is 480 cm³/mol. The molecular weight excluding hydrogens is 1820 g/mol. The number of pyridine rings is 3. The van der Waals surface area contributed by atoms with Crippen molar-refractivity contribution >= 4 is 118 Å². The third-order valence-electron chi connectivity index (χ3n) is 22.1. The molecule has 3 fully saturated rings. The van der Waals surface area contributed by atoms with E-state index >= 15 is 0 Å². The number of halogens is 6. The van der Waals surface area contributed by atoms with Gasteiger partial charge in [-0.05, 0) is 164 Å². The minimum absolute atomic E-state index is 0.000983. The van der Waals surface area contributed by atoms with Crippen molar-refractivity contribution in [2.24, 2.45) is 32.8 Å². The van der Waals surface area contributed by atoms with Crippen molar-refractivity contribution in [2.75, 3.05) is 56.3 Å². The number of hydrogen-bond donors (Lipinski definition) is 6. The maximum atomic E-state index is 14.8. The molecule has 0 spiro atoms. The first-order valence-corrected chi connectivity index (χ1v) is 45.8. The number of nitrogens with two attached hydrogens (primary N) is 3. The Morgan fingerprint density at radius 1 is 0.500 bits per heavy atom. The molecule has 0 saturated heterocycles. The molecule has 10 aromatic heterocycles. The Kier molecular flexibility index (Phi) is 32.9. The van der Waals surface area contributed by atoms with Crippen LogP contribution in [-0.2, 0) is 59.1 Å². The van der Waals surface area contributed by atoms with Gasteiger partial charge in [-0.1, -0.05) is 30.1 Å². The third-order valence-corrected chi connectivity index (χ3v) is 24.8. The number of hydrogen-bond acceptors (Lipinski definition) is 32. The van der Waals surface area contributed by atoms with E-state index in [2.05, 4.69) is 81.2 Å². The highest BCUT2D eigenvalue weighted by molar-refractivity contribution is 7.13. The first-order chi connectivity index (χ1) is 64.1. The average Bonchev–Trinajstić information content (AvgIpc) is 1.65. The molecule has 10 aromatic rings. The molecule has 4 atom stereocenters. The van der Waals surface area contributed by atoms with Crippen LogP contribution in [-0.4, -0.2) is 221 Å². The number of nitrogens with zero attached hydrogens (tertiary/aromatic N) is 18. The number of nitrogens with one attached hydrogen (secondary N) is 3. The van der Waals surface area contributed by atoms with E-state index in [4.69, 9.17) is 45.6 Å². The summed E-state index contributed by atoms with van der Waals surface area (Å²) in [7, 11) is 1.17. The Morgan fingerprint density at radius 2 is 0.888 bits per heavy atom. The van der Waals surface area contributed by atoms with E-state index in [-0.39, 0.29) is 143 Å². The highest BCUT2D eigenvalue weighted by atomic mass is 32.1. The van der Waals surface area contributed by atoms with Gasteiger partial charge in [-0.15, -0.1) is 34.0 Å². The second-order valence-corrected chi connectivity index (χ2v) is 36.1. The molecular formula is C87H102F6N24O14S3+2. The van der Waals surface area contributed by atoms with E-state index < -0.39 is 99.9 Å². The second kappa shape index (κ2) is 44.6. The van der Waals surface area contributed by atoms with Crippen molar-refractivity contribution in [1.29, 1.82) is 0 Å². The van der Waals surface area contributed by atoms with Crippen molar-refractivity contribution in [3.05, 3.63) is 146 Å². The zero-order valence-electron chi connectivity index (χ0n) is 74.6. The number of anilines is 3. The smallest absolute Gasteiger partial charge is 0.330 e. The fourth-order valence-corrected chi connectivity index (χ4v) is 17.3. The van der Waals surface area contributed by atoms with Crippen LogP contribution in [0.4, 0.5) is 43.4 Å². The number of esters is 4. The summed E-state index contributed by atoms with van der Waals surface area (Å²) >= 11 is 3.68. The fraction of sp³-hybridized carbons (Fsp3) is 0.460. The van der Waals surface area contributed by atoms with Crippen LogP contribution in [0, 0.1) is 40.7 Å². The number of rotatable bonds is 32. The lowest BCUT2D eigenvalue weighted by atomic mass is 9.87. The van der Waals surface area contributed by atoms with E-state index in [0.29, 0.717) is 40.4 Å². The van der Waals surface area contributed by atoms with Crippen LogP contribution in [0.5, 0.6) is 0 Å². The Bertz CT molecular complexity index is 5990. The van der Waals surface area contributed by atoms with Crippen molar-refractivity contribution < 1.29 is 102 Å². The minimum Gasteiger partial charge on any atom is -0.468 e. The van der Waals surface area contributed by atoms with E-state index in [9.17, 15) is 59.9 Å². The van der Waals surface area contributed by atoms with Crippen LogP contribution >= 0.6 is 34.0 Å². The number of hydrazone groups is 2. The Balaban J connectivity index is 0.000000171. The summed E-state index contributed by atoms with van der Waals surface area (Å²) in [5, 5.41) is 40.8. The molecule has 9 N–H and O–H groups in total. The van der Waals surface area contributed by atoms with Crippen molar-refractivity contribution in [3.8, 4) is 44.7 Å². The maximum absolute atomic E-state index is 14.8. The molecule has 0 radical (unpaired) electrons. The van der Waals surface area contributed by atoms with Gasteiger partial charge in [-0.3, -0.25) is 42.8 Å². The van der Waals surface area contributed by atoms with Gasteiger partial charge < -0.3 is 66.3 Å². The number of methoxy groups -OCH3 is 1. The number of carbonyl (C=O) groups excluding carboxylic acids is 7. The molecule has 5 aliphatic rings. The Morgan fingerprint density at radius 3 is 1.27 bits per heavy atom. The highest BCUT2D eigenvalue weighted by Gasteiger charge is 2.37. The number of carbonyl (C=O) groups is 7. The van der Waals surface area contributed by atoms with Gasteiger partial charge in [0.2, 0.25) is 17.8 Å². The van der Waals surface area contributed by atoms with Crippen molar-refractivity contribution in [1.82, 2.24) is 69.0 Å². The van der Waals surface area contributed by atoms with Crippen LogP contribution in [0.2, 0.25) is 0 Å². The highest BCUT2D eigenvalue weighted by Crippen LogP contribution is 2.40. The Hall–Kier alpha value is -12.5. The molecule has 0 aromatic carbocycles. The number of ether oxygens (including phenoxy) is 7. The van der Waals surface area contributed by atoms with Crippen LogP contribution in [0.3, 0.4) is 0 Å². The number of thiazole rings is 3. The molecule has 2 aliphatic heterocycles. The number of amides is 3. The first-order valence-electron chi connectivity index (χ1n) is 43.2. The quantitative estimate of drug-likeness (QED) is 0.00749. The van der Waals surface area contributed by atoms with Gasteiger partial charge in [-0.2, -0.15) is 33.6 Å². The molecule has 3 amide bonds. The summed E-state index contributed by atoms with van der Waals surface area (Å²) in [5.74, 6) is -9.85. The summed E-state index contributed by atoms with van der Waals surface area (Å²) in [5.41, 5.74) is 16.2. The summed E-state index contributed by atoms with van der Waals surface area (Å²) in [4.78, 5) is 112. The minimum atomic E-state index is -1.14. The van der Waals surface area contributed by atoms with E-state index in [0.717, 1.165) is 113 Å². The zero-order chi connectivity index (χ0) is 95.8. The largest absolute Gasteiger partial charge is 0.468 e. The van der Waals surface area contributed by atoms with Gasteiger partial charge in [0.1, 0.15) is 95.7 Å². The summed E-state index contributed by atoms with van der Waals surface area (Å²) in [6, 6.07) is 3.72. The SMILES string of the molecule is CCOC1CCC(n2cc(NC(=O)c3csc(-c4cnn(COC(=O)C[C@H](N)C(=O)OC)c4)n3)c(-c3nc(F)ccc3F)n2)CC1.CCOC1CCC(n2cc(NC(=O)c3csc(C4C=N[N+](COC(=O)C(C)(C)N)=C4)n3)c(-c3nc(F)ccc3F)n2)CC1.CCOC1CCC(n2cc(NC(=O)c3csc(C4C=N[N+](COC(=O)C(N)C(C)(C)C)=C4)n3)c(-c3nc(F)ccc3F)n2)CC1.